The average Bonchev–Trinajstić information content (AvgIpc) is 2.92. The van der Waals surface area contributed by atoms with Crippen LogP contribution in [0.5, 0.6) is 5.75 Å². The molecule has 0 radical (unpaired) electrons. The molecule has 1 aliphatic rings. The zero-order chi connectivity index (χ0) is 18.0. The summed E-state index contributed by atoms with van der Waals surface area (Å²) in [6, 6.07) is 3.77. The maximum atomic E-state index is 13.1. The third-order valence-electron chi connectivity index (χ3n) is 5.13. The van der Waals surface area contributed by atoms with E-state index in [1.807, 2.05) is 36.6 Å². The van der Waals surface area contributed by atoms with E-state index >= 15 is 0 Å². The molecule has 6 heteroatoms. The summed E-state index contributed by atoms with van der Waals surface area (Å²) in [7, 11) is 2.11. The Morgan fingerprint density at radius 1 is 1.44 bits per heavy atom. The highest BCUT2D eigenvalue weighted by Gasteiger charge is 2.35. The van der Waals surface area contributed by atoms with Crippen molar-refractivity contribution in [3.63, 3.8) is 0 Å². The molecule has 1 N–H and O–H groups in total. The molecule has 0 saturated carbocycles. The minimum Gasteiger partial charge on any atom is -0.490 e. The lowest BCUT2D eigenvalue weighted by Gasteiger charge is -2.41. The molecule has 1 unspecified atom stereocenters. The maximum Gasteiger partial charge on any atom is 0.270 e. The van der Waals surface area contributed by atoms with Gasteiger partial charge in [0.2, 0.25) is 0 Å². The van der Waals surface area contributed by atoms with Crippen LogP contribution in [0.1, 0.15) is 49.3 Å². The zero-order valence-corrected chi connectivity index (χ0v) is 15.6. The lowest BCUT2D eigenvalue weighted by Crippen LogP contribution is -2.57. The molecule has 3 rings (SSSR count). The van der Waals surface area contributed by atoms with Gasteiger partial charge in [-0.25, -0.2) is 4.98 Å². The Balaban J connectivity index is 1.94. The van der Waals surface area contributed by atoms with Gasteiger partial charge in [-0.1, -0.05) is 6.92 Å². The molecule has 2 aromatic heterocycles. The molecular formula is C19H28N4O2. The molecule has 1 fully saturated rings. The van der Waals surface area contributed by atoms with Crippen molar-refractivity contribution in [1.82, 2.24) is 19.6 Å². The van der Waals surface area contributed by atoms with Crippen molar-refractivity contribution in [2.45, 2.75) is 45.6 Å². The molecule has 1 atom stereocenters. The highest BCUT2D eigenvalue weighted by Crippen LogP contribution is 2.26. The number of fused-ring (bicyclic) bond motifs is 1. The number of rotatable bonds is 5. The van der Waals surface area contributed by atoms with Gasteiger partial charge < -0.3 is 15.0 Å². The minimum atomic E-state index is -0.168. The van der Waals surface area contributed by atoms with Gasteiger partial charge in [0.25, 0.3) is 5.91 Å². The second-order valence-corrected chi connectivity index (χ2v) is 6.97. The van der Waals surface area contributed by atoms with Crippen LogP contribution in [0.3, 0.4) is 0 Å². The van der Waals surface area contributed by atoms with E-state index in [1.165, 1.54) is 0 Å². The highest BCUT2D eigenvalue weighted by molar-refractivity contribution is 5.95. The number of likely N-dealkylation sites (N-methyl/N-ethyl adjacent to an activating group) is 1. The van der Waals surface area contributed by atoms with Gasteiger partial charge >= 0.3 is 0 Å². The number of hydrogen-bond donors (Lipinski definition) is 1. The van der Waals surface area contributed by atoms with Crippen LogP contribution >= 0.6 is 0 Å². The van der Waals surface area contributed by atoms with Crippen molar-refractivity contribution < 1.29 is 9.53 Å². The molecule has 0 bridgehead atoms. The Hall–Kier alpha value is -2.08. The van der Waals surface area contributed by atoms with E-state index < -0.39 is 0 Å². The molecule has 0 aliphatic carbocycles. The van der Waals surface area contributed by atoms with E-state index in [0.717, 1.165) is 38.0 Å². The molecule has 1 amide bonds. The van der Waals surface area contributed by atoms with Gasteiger partial charge in [-0.05, 0) is 58.8 Å². The monoisotopic (exact) mass is 344 g/mol. The van der Waals surface area contributed by atoms with Crippen molar-refractivity contribution in [2.24, 2.45) is 0 Å². The van der Waals surface area contributed by atoms with Gasteiger partial charge in [-0.15, -0.1) is 0 Å². The third kappa shape index (κ3) is 3.35. The van der Waals surface area contributed by atoms with Crippen LogP contribution in [0, 0.1) is 6.92 Å². The standard InChI is InChI=1S/C19H28N4O2/c1-5-19(10-8-11-22(4)13-19)21-18(24)16-14(3)20-17-15(25-6-2)9-7-12-23(16)17/h7,9,12H,5-6,8,10-11,13H2,1-4H3,(H,21,24). The topological polar surface area (TPSA) is 58.9 Å². The summed E-state index contributed by atoms with van der Waals surface area (Å²) in [6.07, 6.45) is 4.91. The Labute approximate surface area is 149 Å². The van der Waals surface area contributed by atoms with Crippen LogP contribution < -0.4 is 10.1 Å². The number of aryl methyl sites for hydroxylation is 1. The number of aromatic nitrogens is 2. The molecule has 0 aromatic carbocycles. The second kappa shape index (κ2) is 7.04. The zero-order valence-electron chi connectivity index (χ0n) is 15.6. The Morgan fingerprint density at radius 3 is 2.92 bits per heavy atom. The number of hydrogen-bond acceptors (Lipinski definition) is 4. The first-order valence-electron chi connectivity index (χ1n) is 9.11. The second-order valence-electron chi connectivity index (χ2n) is 6.97. The largest absolute Gasteiger partial charge is 0.490 e. The summed E-state index contributed by atoms with van der Waals surface area (Å²) in [6.45, 7) is 8.51. The third-order valence-corrected chi connectivity index (χ3v) is 5.13. The van der Waals surface area contributed by atoms with Crippen LogP contribution in [0.2, 0.25) is 0 Å². The molecule has 0 spiro atoms. The van der Waals surface area contributed by atoms with Crippen LogP contribution in [0.25, 0.3) is 5.65 Å². The summed E-state index contributed by atoms with van der Waals surface area (Å²) in [5.41, 5.74) is 1.84. The predicted molar refractivity (Wildman–Crippen MR) is 98.3 cm³/mol. The number of imidazole rings is 1. The molecule has 2 aromatic rings. The number of ether oxygens (including phenoxy) is 1. The van der Waals surface area contributed by atoms with Crippen molar-refractivity contribution in [3.8, 4) is 5.75 Å². The van der Waals surface area contributed by atoms with Crippen molar-refractivity contribution in [3.05, 3.63) is 29.7 Å². The van der Waals surface area contributed by atoms with Crippen LogP contribution in [-0.4, -0.2) is 52.5 Å². The molecular weight excluding hydrogens is 316 g/mol. The molecule has 1 aliphatic heterocycles. The normalized spacial score (nSPS) is 21.4. The lowest BCUT2D eigenvalue weighted by molar-refractivity contribution is 0.0798. The predicted octanol–water partition coefficient (Wildman–Crippen LogP) is 2.65. The van der Waals surface area contributed by atoms with Crippen LogP contribution in [0.15, 0.2) is 18.3 Å². The number of piperidine rings is 1. The van der Waals surface area contributed by atoms with Gasteiger partial charge in [0.1, 0.15) is 5.69 Å². The fraction of sp³-hybridized carbons (Fsp3) is 0.579. The molecule has 3 heterocycles. The summed E-state index contributed by atoms with van der Waals surface area (Å²) >= 11 is 0. The minimum absolute atomic E-state index is 0.0594. The van der Waals surface area contributed by atoms with E-state index in [4.69, 9.17) is 4.74 Å². The summed E-state index contributed by atoms with van der Waals surface area (Å²) in [5.74, 6) is 0.644. The maximum absolute atomic E-state index is 13.1. The number of likely N-dealkylation sites (tertiary alicyclic amines) is 1. The quantitative estimate of drug-likeness (QED) is 0.906. The van der Waals surface area contributed by atoms with Gasteiger partial charge in [0.05, 0.1) is 17.8 Å². The SMILES string of the molecule is CCOc1cccn2c(C(=O)NC3(CC)CCCN(C)C3)c(C)nc12. The van der Waals surface area contributed by atoms with E-state index in [-0.39, 0.29) is 11.4 Å². The first-order valence-corrected chi connectivity index (χ1v) is 9.11. The van der Waals surface area contributed by atoms with Gasteiger partial charge in [-0.3, -0.25) is 9.20 Å². The molecule has 136 valence electrons. The number of pyridine rings is 1. The summed E-state index contributed by atoms with van der Waals surface area (Å²) < 4.78 is 7.49. The first kappa shape index (κ1) is 17.7. The summed E-state index contributed by atoms with van der Waals surface area (Å²) in [4.78, 5) is 20.0. The lowest BCUT2D eigenvalue weighted by atomic mass is 9.86. The number of nitrogens with zero attached hydrogens (tertiary/aromatic N) is 3. The Bertz CT molecular complexity index is 770. The fourth-order valence-corrected chi connectivity index (χ4v) is 3.84. The van der Waals surface area contributed by atoms with Crippen molar-refractivity contribution in [2.75, 3.05) is 26.7 Å². The Kier molecular flexibility index (Phi) is 4.99. The fourth-order valence-electron chi connectivity index (χ4n) is 3.84. The first-order chi connectivity index (χ1) is 12.0. The van der Waals surface area contributed by atoms with Gasteiger partial charge in [-0.2, -0.15) is 0 Å². The van der Waals surface area contributed by atoms with E-state index in [2.05, 4.69) is 29.2 Å². The smallest absolute Gasteiger partial charge is 0.270 e. The highest BCUT2D eigenvalue weighted by atomic mass is 16.5. The van der Waals surface area contributed by atoms with E-state index in [9.17, 15) is 4.79 Å². The van der Waals surface area contributed by atoms with Crippen LogP contribution in [0.4, 0.5) is 0 Å². The molecule has 6 nitrogen and oxygen atoms in total. The van der Waals surface area contributed by atoms with Gasteiger partial charge in [0.15, 0.2) is 11.4 Å². The van der Waals surface area contributed by atoms with E-state index in [0.29, 0.717) is 23.7 Å². The van der Waals surface area contributed by atoms with Crippen molar-refractivity contribution in [1.29, 1.82) is 0 Å². The van der Waals surface area contributed by atoms with E-state index in [1.54, 1.807) is 0 Å². The summed E-state index contributed by atoms with van der Waals surface area (Å²) in [5, 5.41) is 3.32. The molecule has 1 saturated heterocycles. The van der Waals surface area contributed by atoms with Crippen molar-refractivity contribution >= 4 is 11.6 Å². The molecule has 25 heavy (non-hydrogen) atoms. The number of amides is 1. The number of carbonyl (C=O) groups is 1. The van der Waals surface area contributed by atoms with Crippen LogP contribution in [-0.2, 0) is 0 Å². The number of carbonyl (C=O) groups excluding carboxylic acids is 1. The average molecular weight is 344 g/mol. The van der Waals surface area contributed by atoms with Gasteiger partial charge in [0, 0.05) is 12.7 Å². The Morgan fingerprint density at radius 2 is 2.24 bits per heavy atom. The number of nitrogens with one attached hydrogen (secondary N) is 1.